The van der Waals surface area contributed by atoms with Crippen molar-refractivity contribution in [3.05, 3.63) is 90.2 Å². The van der Waals surface area contributed by atoms with Gasteiger partial charge >= 0.3 is 0 Å². The van der Waals surface area contributed by atoms with Crippen LogP contribution >= 0.6 is 0 Å². The van der Waals surface area contributed by atoms with Gasteiger partial charge in [0, 0.05) is 10.9 Å². The number of fused-ring (bicyclic) bond motifs is 1. The number of anilines is 1. The monoisotopic (exact) mass is 372 g/mol. The second-order valence-electron chi connectivity index (χ2n) is 6.23. The van der Waals surface area contributed by atoms with Crippen molar-refractivity contribution >= 4 is 22.5 Å². The van der Waals surface area contributed by atoms with E-state index in [1.54, 1.807) is 25.3 Å². The van der Waals surface area contributed by atoms with Crippen LogP contribution in [0.1, 0.15) is 10.4 Å². The minimum absolute atomic E-state index is 0.138. The second-order valence-corrected chi connectivity index (χ2v) is 6.23. The van der Waals surface area contributed by atoms with Gasteiger partial charge in [0.15, 0.2) is 0 Å². The Balaban J connectivity index is 1.80. The van der Waals surface area contributed by atoms with Gasteiger partial charge in [-0.05, 0) is 48.5 Å². The minimum Gasteiger partial charge on any atom is -0.497 e. The SMILES string of the molecule is COc1ccc(-c2cc(C(=O)Nc3ccccc3F)c3ccccc3n2)cc1. The topological polar surface area (TPSA) is 51.2 Å². The molecule has 0 saturated heterocycles. The number of hydrogen-bond donors (Lipinski definition) is 1. The number of nitrogens with one attached hydrogen (secondary N) is 1. The van der Waals surface area contributed by atoms with E-state index >= 15 is 0 Å². The Morgan fingerprint density at radius 2 is 1.68 bits per heavy atom. The molecule has 3 aromatic carbocycles. The highest BCUT2D eigenvalue weighted by Gasteiger charge is 2.15. The lowest BCUT2D eigenvalue weighted by Crippen LogP contribution is -2.14. The maximum Gasteiger partial charge on any atom is 0.256 e. The van der Waals surface area contributed by atoms with Crippen molar-refractivity contribution in [1.29, 1.82) is 0 Å². The third-order valence-corrected chi connectivity index (χ3v) is 4.47. The first-order chi connectivity index (χ1) is 13.7. The summed E-state index contributed by atoms with van der Waals surface area (Å²) < 4.78 is 19.2. The Hall–Kier alpha value is -3.73. The van der Waals surface area contributed by atoms with E-state index in [2.05, 4.69) is 10.3 Å². The van der Waals surface area contributed by atoms with Crippen molar-refractivity contribution in [3.8, 4) is 17.0 Å². The van der Waals surface area contributed by atoms with E-state index in [0.29, 0.717) is 22.2 Å². The molecule has 1 heterocycles. The number of halogens is 1. The fourth-order valence-corrected chi connectivity index (χ4v) is 3.03. The van der Waals surface area contributed by atoms with Gasteiger partial charge in [0.05, 0.1) is 29.6 Å². The van der Waals surface area contributed by atoms with Gasteiger partial charge in [-0.1, -0.05) is 30.3 Å². The third kappa shape index (κ3) is 3.42. The summed E-state index contributed by atoms with van der Waals surface area (Å²) in [5, 5.41) is 3.36. The van der Waals surface area contributed by atoms with Gasteiger partial charge in [0.1, 0.15) is 11.6 Å². The average molecular weight is 372 g/mol. The van der Waals surface area contributed by atoms with Crippen LogP contribution in [0.15, 0.2) is 78.9 Å². The van der Waals surface area contributed by atoms with E-state index < -0.39 is 11.7 Å². The molecule has 0 bridgehead atoms. The number of rotatable bonds is 4. The first kappa shape index (κ1) is 17.7. The predicted molar refractivity (Wildman–Crippen MR) is 108 cm³/mol. The van der Waals surface area contributed by atoms with Crippen LogP contribution < -0.4 is 10.1 Å². The summed E-state index contributed by atoms with van der Waals surface area (Å²) in [6, 6.07) is 22.6. The molecule has 138 valence electrons. The molecule has 4 rings (SSSR count). The smallest absolute Gasteiger partial charge is 0.256 e. The normalized spacial score (nSPS) is 10.6. The number of amides is 1. The van der Waals surface area contributed by atoms with Crippen molar-refractivity contribution in [2.45, 2.75) is 0 Å². The fourth-order valence-electron chi connectivity index (χ4n) is 3.03. The van der Waals surface area contributed by atoms with E-state index in [4.69, 9.17) is 4.74 Å². The molecule has 0 radical (unpaired) electrons. The molecule has 5 heteroatoms. The van der Waals surface area contributed by atoms with Crippen molar-refractivity contribution in [2.75, 3.05) is 12.4 Å². The molecule has 4 nitrogen and oxygen atoms in total. The van der Waals surface area contributed by atoms with Crippen molar-refractivity contribution in [2.24, 2.45) is 0 Å². The molecular formula is C23H17FN2O2. The first-order valence-corrected chi connectivity index (χ1v) is 8.76. The van der Waals surface area contributed by atoms with Gasteiger partial charge in [0.2, 0.25) is 0 Å². The third-order valence-electron chi connectivity index (χ3n) is 4.47. The quantitative estimate of drug-likeness (QED) is 0.529. The number of methoxy groups -OCH3 is 1. The summed E-state index contributed by atoms with van der Waals surface area (Å²) in [5.41, 5.74) is 2.76. The van der Waals surface area contributed by atoms with Crippen molar-refractivity contribution < 1.29 is 13.9 Å². The van der Waals surface area contributed by atoms with Crippen LogP contribution in [0.3, 0.4) is 0 Å². The van der Waals surface area contributed by atoms with Crippen LogP contribution in [0, 0.1) is 5.82 Å². The number of carbonyl (C=O) groups excluding carboxylic acids is 1. The summed E-state index contributed by atoms with van der Waals surface area (Å²) in [6.07, 6.45) is 0. The number of carbonyl (C=O) groups is 1. The van der Waals surface area contributed by atoms with Crippen LogP contribution in [-0.4, -0.2) is 18.0 Å². The largest absolute Gasteiger partial charge is 0.497 e. The average Bonchev–Trinajstić information content (AvgIpc) is 2.74. The lowest BCUT2D eigenvalue weighted by Gasteiger charge is -2.11. The molecule has 0 fully saturated rings. The van der Waals surface area contributed by atoms with Crippen LogP contribution in [0.5, 0.6) is 5.75 Å². The first-order valence-electron chi connectivity index (χ1n) is 8.76. The Bertz CT molecular complexity index is 1160. The highest BCUT2D eigenvalue weighted by atomic mass is 19.1. The predicted octanol–water partition coefficient (Wildman–Crippen LogP) is 5.30. The number of hydrogen-bond acceptors (Lipinski definition) is 3. The maximum absolute atomic E-state index is 14.0. The molecule has 0 saturated carbocycles. The minimum atomic E-state index is -0.482. The Morgan fingerprint density at radius 1 is 0.964 bits per heavy atom. The number of para-hydroxylation sites is 2. The Labute approximate surface area is 161 Å². The number of benzene rings is 3. The van der Waals surface area contributed by atoms with Gasteiger partial charge in [0.25, 0.3) is 5.91 Å². The number of ether oxygens (including phenoxy) is 1. The number of nitrogens with zero attached hydrogens (tertiary/aromatic N) is 1. The summed E-state index contributed by atoms with van der Waals surface area (Å²) in [6.45, 7) is 0. The molecule has 28 heavy (non-hydrogen) atoms. The standard InChI is InChI=1S/C23H17FN2O2/c1-28-16-12-10-15(11-13-16)22-14-18(17-6-2-4-8-20(17)25-22)23(27)26-21-9-5-3-7-19(21)24/h2-14H,1H3,(H,26,27). The summed E-state index contributed by atoms with van der Waals surface area (Å²) in [7, 11) is 1.61. The molecule has 1 aromatic heterocycles. The van der Waals surface area contributed by atoms with Crippen molar-refractivity contribution in [1.82, 2.24) is 4.98 Å². The zero-order valence-electron chi connectivity index (χ0n) is 15.1. The molecule has 1 amide bonds. The van der Waals surface area contributed by atoms with E-state index in [1.807, 2.05) is 48.5 Å². The van der Waals surface area contributed by atoms with Crippen LogP contribution in [0.2, 0.25) is 0 Å². The highest BCUT2D eigenvalue weighted by molar-refractivity contribution is 6.13. The van der Waals surface area contributed by atoms with Gasteiger partial charge in [-0.25, -0.2) is 9.37 Å². The van der Waals surface area contributed by atoms with Crippen LogP contribution in [0.4, 0.5) is 10.1 Å². The molecular weight excluding hydrogens is 355 g/mol. The van der Waals surface area contributed by atoms with Gasteiger partial charge in [-0.15, -0.1) is 0 Å². The number of aromatic nitrogens is 1. The van der Waals surface area contributed by atoms with E-state index in [0.717, 1.165) is 11.3 Å². The molecule has 0 aliphatic carbocycles. The molecule has 0 spiro atoms. The van der Waals surface area contributed by atoms with Gasteiger partial charge in [-0.2, -0.15) is 0 Å². The van der Waals surface area contributed by atoms with Crippen LogP contribution in [0.25, 0.3) is 22.2 Å². The molecule has 0 atom stereocenters. The van der Waals surface area contributed by atoms with Crippen LogP contribution in [-0.2, 0) is 0 Å². The zero-order valence-corrected chi connectivity index (χ0v) is 15.1. The second kappa shape index (κ2) is 7.48. The molecule has 0 unspecified atom stereocenters. The number of pyridine rings is 1. The molecule has 0 aliphatic rings. The maximum atomic E-state index is 14.0. The van der Waals surface area contributed by atoms with E-state index in [9.17, 15) is 9.18 Å². The van der Waals surface area contributed by atoms with Crippen molar-refractivity contribution in [3.63, 3.8) is 0 Å². The highest BCUT2D eigenvalue weighted by Crippen LogP contribution is 2.27. The summed E-state index contributed by atoms with van der Waals surface area (Å²) in [4.78, 5) is 17.6. The fraction of sp³-hybridized carbons (Fsp3) is 0.0435. The van der Waals surface area contributed by atoms with Gasteiger partial charge < -0.3 is 10.1 Å². The zero-order chi connectivity index (χ0) is 19.5. The van der Waals surface area contributed by atoms with Gasteiger partial charge in [-0.3, -0.25) is 4.79 Å². The Morgan fingerprint density at radius 3 is 2.43 bits per heavy atom. The molecule has 1 N–H and O–H groups in total. The molecule has 4 aromatic rings. The Kier molecular flexibility index (Phi) is 4.72. The summed E-state index contributed by atoms with van der Waals surface area (Å²) in [5.74, 6) is -0.134. The summed E-state index contributed by atoms with van der Waals surface area (Å²) >= 11 is 0. The lowest BCUT2D eigenvalue weighted by atomic mass is 10.0. The van der Waals surface area contributed by atoms with E-state index in [1.165, 1.54) is 12.1 Å². The molecule has 0 aliphatic heterocycles. The van der Waals surface area contributed by atoms with E-state index in [-0.39, 0.29) is 5.69 Å². The lowest BCUT2D eigenvalue weighted by molar-refractivity contribution is 0.102.